The van der Waals surface area contributed by atoms with Gasteiger partial charge in [-0.25, -0.2) is 0 Å². The van der Waals surface area contributed by atoms with Crippen LogP contribution in [-0.2, 0) is 13.0 Å². The number of hydrogen-bond acceptors (Lipinski definition) is 2. The van der Waals surface area contributed by atoms with Gasteiger partial charge in [-0.3, -0.25) is 4.68 Å². The molecule has 0 bridgehead atoms. The van der Waals surface area contributed by atoms with Gasteiger partial charge in [0, 0.05) is 11.4 Å². The van der Waals surface area contributed by atoms with Crippen LogP contribution in [0.2, 0.25) is 0 Å². The molecular formula is C9H10N2S. The average Bonchev–Trinajstić information content (AvgIpc) is 2.59. The molecule has 2 nitrogen and oxygen atoms in total. The Bertz CT molecular complexity index is 438. The summed E-state index contributed by atoms with van der Waals surface area (Å²) in [6.07, 6.45) is 2.49. The van der Waals surface area contributed by atoms with Crippen molar-refractivity contribution < 1.29 is 0 Å². The maximum atomic E-state index is 4.54. The Labute approximate surface area is 74.8 Å². The molecule has 3 heteroatoms. The predicted octanol–water partition coefficient (Wildman–Crippen LogP) is 2.35. The second kappa shape index (κ2) is 2.10. The predicted molar refractivity (Wildman–Crippen MR) is 50.7 cm³/mol. The third-order valence-electron chi connectivity index (χ3n) is 2.42. The summed E-state index contributed by atoms with van der Waals surface area (Å²) in [6.45, 7) is 3.27. The number of aryl methyl sites for hydroxylation is 3. The SMILES string of the molecule is Cc1cc2nn3c(c2s1)CCC3. The molecule has 0 saturated heterocycles. The molecule has 1 aliphatic heterocycles. The van der Waals surface area contributed by atoms with Crippen LogP contribution in [0.4, 0.5) is 0 Å². The first-order valence-electron chi connectivity index (χ1n) is 4.30. The molecule has 2 aromatic rings. The molecule has 0 aromatic carbocycles. The molecule has 62 valence electrons. The first kappa shape index (κ1) is 6.66. The van der Waals surface area contributed by atoms with Crippen molar-refractivity contribution in [2.24, 2.45) is 0 Å². The van der Waals surface area contributed by atoms with Gasteiger partial charge in [0.2, 0.25) is 0 Å². The van der Waals surface area contributed by atoms with Crippen LogP contribution in [0.3, 0.4) is 0 Å². The van der Waals surface area contributed by atoms with Gasteiger partial charge in [0.15, 0.2) is 0 Å². The molecule has 0 radical (unpaired) electrons. The van der Waals surface area contributed by atoms with E-state index in [1.165, 1.54) is 33.6 Å². The van der Waals surface area contributed by atoms with Gasteiger partial charge < -0.3 is 0 Å². The van der Waals surface area contributed by atoms with Crippen LogP contribution < -0.4 is 0 Å². The number of fused-ring (bicyclic) bond motifs is 3. The summed E-state index contributed by atoms with van der Waals surface area (Å²) >= 11 is 1.88. The highest BCUT2D eigenvalue weighted by atomic mass is 32.1. The van der Waals surface area contributed by atoms with Crippen molar-refractivity contribution in [2.75, 3.05) is 0 Å². The lowest BCUT2D eigenvalue weighted by Crippen LogP contribution is -1.93. The molecule has 0 fully saturated rings. The Morgan fingerprint density at radius 2 is 2.50 bits per heavy atom. The molecule has 0 atom stereocenters. The second-order valence-corrected chi connectivity index (χ2v) is 4.60. The maximum Gasteiger partial charge on any atom is 0.104 e. The van der Waals surface area contributed by atoms with Crippen molar-refractivity contribution in [1.82, 2.24) is 9.78 Å². The molecular weight excluding hydrogens is 168 g/mol. The molecule has 0 unspecified atom stereocenters. The van der Waals surface area contributed by atoms with Crippen LogP contribution in [0.25, 0.3) is 10.2 Å². The maximum absolute atomic E-state index is 4.54. The Balaban J connectivity index is 2.40. The van der Waals surface area contributed by atoms with Gasteiger partial charge in [0.25, 0.3) is 0 Å². The summed E-state index contributed by atoms with van der Waals surface area (Å²) in [4.78, 5) is 1.38. The van der Waals surface area contributed by atoms with Gasteiger partial charge in [-0.05, 0) is 25.8 Å². The lowest BCUT2D eigenvalue weighted by atomic mass is 10.3. The summed E-state index contributed by atoms with van der Waals surface area (Å²) in [7, 11) is 0. The molecule has 2 aromatic heterocycles. The molecule has 12 heavy (non-hydrogen) atoms. The Morgan fingerprint density at radius 1 is 1.58 bits per heavy atom. The van der Waals surface area contributed by atoms with E-state index in [2.05, 4.69) is 22.8 Å². The molecule has 3 rings (SSSR count). The van der Waals surface area contributed by atoms with Crippen molar-refractivity contribution in [3.8, 4) is 0 Å². The van der Waals surface area contributed by atoms with E-state index in [0.29, 0.717) is 0 Å². The van der Waals surface area contributed by atoms with E-state index in [1.807, 2.05) is 11.3 Å². The standard InChI is InChI=1S/C9H10N2S/c1-6-5-7-9(12-6)8-3-2-4-11(8)10-7/h5H,2-4H2,1H3. The quantitative estimate of drug-likeness (QED) is 0.605. The zero-order valence-electron chi connectivity index (χ0n) is 7.00. The molecule has 3 heterocycles. The molecule has 0 amide bonds. The highest BCUT2D eigenvalue weighted by Crippen LogP contribution is 2.31. The smallest absolute Gasteiger partial charge is 0.104 e. The first-order chi connectivity index (χ1) is 5.84. The second-order valence-electron chi connectivity index (χ2n) is 3.34. The molecule has 0 aliphatic carbocycles. The number of nitrogens with zero attached hydrogens (tertiary/aromatic N) is 2. The summed E-state index contributed by atoms with van der Waals surface area (Å²) in [6, 6.07) is 2.19. The minimum atomic E-state index is 1.12. The normalized spacial score (nSPS) is 15.8. The molecule has 0 saturated carbocycles. The van der Waals surface area contributed by atoms with Crippen LogP contribution in [0.1, 0.15) is 17.0 Å². The summed E-state index contributed by atoms with van der Waals surface area (Å²) in [5.74, 6) is 0. The van der Waals surface area contributed by atoms with Gasteiger partial charge in [-0.15, -0.1) is 11.3 Å². The van der Waals surface area contributed by atoms with E-state index in [1.54, 1.807) is 0 Å². The number of thiophene rings is 1. The van der Waals surface area contributed by atoms with Crippen LogP contribution in [0.15, 0.2) is 6.07 Å². The lowest BCUT2D eigenvalue weighted by Gasteiger charge is -1.90. The van der Waals surface area contributed by atoms with Crippen molar-refractivity contribution in [1.29, 1.82) is 0 Å². The summed E-state index contributed by atoms with van der Waals surface area (Å²) in [5, 5.41) is 4.54. The van der Waals surface area contributed by atoms with Gasteiger partial charge in [-0.2, -0.15) is 5.10 Å². The van der Waals surface area contributed by atoms with Crippen molar-refractivity contribution >= 4 is 21.6 Å². The van der Waals surface area contributed by atoms with E-state index in [0.717, 1.165) is 6.54 Å². The number of aromatic nitrogens is 2. The van der Waals surface area contributed by atoms with Gasteiger partial charge >= 0.3 is 0 Å². The molecule has 0 spiro atoms. The topological polar surface area (TPSA) is 17.8 Å². The van der Waals surface area contributed by atoms with Crippen LogP contribution in [0.5, 0.6) is 0 Å². The number of rotatable bonds is 0. The third-order valence-corrected chi connectivity index (χ3v) is 3.51. The zero-order valence-corrected chi connectivity index (χ0v) is 7.82. The van der Waals surface area contributed by atoms with Crippen LogP contribution >= 0.6 is 11.3 Å². The monoisotopic (exact) mass is 178 g/mol. The number of hydrogen-bond donors (Lipinski definition) is 0. The van der Waals surface area contributed by atoms with Gasteiger partial charge in [0.1, 0.15) is 5.52 Å². The Kier molecular flexibility index (Phi) is 1.17. The zero-order chi connectivity index (χ0) is 8.13. The lowest BCUT2D eigenvalue weighted by molar-refractivity contribution is 0.664. The van der Waals surface area contributed by atoms with Crippen molar-refractivity contribution in [3.05, 3.63) is 16.6 Å². The molecule has 0 N–H and O–H groups in total. The van der Waals surface area contributed by atoms with Crippen molar-refractivity contribution in [3.63, 3.8) is 0 Å². The van der Waals surface area contributed by atoms with E-state index in [9.17, 15) is 0 Å². The first-order valence-corrected chi connectivity index (χ1v) is 5.12. The average molecular weight is 178 g/mol. The highest BCUT2D eigenvalue weighted by Gasteiger charge is 2.17. The van der Waals surface area contributed by atoms with E-state index >= 15 is 0 Å². The fraction of sp³-hybridized carbons (Fsp3) is 0.444. The molecule has 1 aliphatic rings. The summed E-state index contributed by atoms with van der Waals surface area (Å²) in [5.41, 5.74) is 2.66. The van der Waals surface area contributed by atoms with E-state index in [4.69, 9.17) is 0 Å². The fourth-order valence-corrected chi connectivity index (χ4v) is 2.94. The van der Waals surface area contributed by atoms with Crippen LogP contribution in [0, 0.1) is 6.92 Å². The van der Waals surface area contributed by atoms with Crippen LogP contribution in [-0.4, -0.2) is 9.78 Å². The van der Waals surface area contributed by atoms with Gasteiger partial charge in [0.05, 0.1) is 10.4 Å². The fourth-order valence-electron chi connectivity index (χ4n) is 1.91. The minimum absolute atomic E-state index is 1.12. The Morgan fingerprint density at radius 3 is 3.42 bits per heavy atom. The summed E-state index contributed by atoms with van der Waals surface area (Å²) < 4.78 is 3.59. The van der Waals surface area contributed by atoms with Crippen molar-refractivity contribution in [2.45, 2.75) is 26.3 Å². The van der Waals surface area contributed by atoms with Gasteiger partial charge in [-0.1, -0.05) is 0 Å². The minimum Gasteiger partial charge on any atom is -0.268 e. The van der Waals surface area contributed by atoms with E-state index < -0.39 is 0 Å². The Hall–Kier alpha value is -0.830. The highest BCUT2D eigenvalue weighted by molar-refractivity contribution is 7.19. The van der Waals surface area contributed by atoms with E-state index in [-0.39, 0.29) is 0 Å². The largest absolute Gasteiger partial charge is 0.268 e. The third kappa shape index (κ3) is 0.719.